The van der Waals surface area contributed by atoms with Gasteiger partial charge in [-0.1, -0.05) is 18.2 Å². The maximum absolute atomic E-state index is 12.8. The smallest absolute Gasteiger partial charge is 0.416 e. The Morgan fingerprint density at radius 3 is 2.57 bits per heavy atom. The zero-order chi connectivity index (χ0) is 15.9. The van der Waals surface area contributed by atoms with E-state index in [0.717, 1.165) is 12.1 Å². The van der Waals surface area contributed by atoms with Gasteiger partial charge >= 0.3 is 12.1 Å². The summed E-state index contributed by atoms with van der Waals surface area (Å²) in [5.74, 6) is -0.994. The van der Waals surface area contributed by atoms with Crippen molar-refractivity contribution < 1.29 is 27.4 Å². The predicted octanol–water partition coefficient (Wildman–Crippen LogP) is 2.80. The average molecular weight is 299 g/mol. The molecule has 0 saturated carbocycles. The molecule has 0 unspecified atom stereocenters. The summed E-state index contributed by atoms with van der Waals surface area (Å²) in [6.45, 7) is 0.0405. The van der Waals surface area contributed by atoms with Gasteiger partial charge in [-0.25, -0.2) is 4.79 Å². The summed E-state index contributed by atoms with van der Waals surface area (Å²) in [7, 11) is 1.40. The van der Waals surface area contributed by atoms with Crippen LogP contribution in [0.1, 0.15) is 11.1 Å². The first-order valence-corrected chi connectivity index (χ1v) is 5.84. The van der Waals surface area contributed by atoms with Gasteiger partial charge in [-0.3, -0.25) is 0 Å². The van der Waals surface area contributed by atoms with Crippen LogP contribution < -0.4 is 0 Å². The quantitative estimate of drug-likeness (QED) is 0.363. The van der Waals surface area contributed by atoms with Crippen LogP contribution in [0.5, 0.6) is 0 Å². The van der Waals surface area contributed by atoms with Crippen LogP contribution >= 0.6 is 0 Å². The zero-order valence-corrected chi connectivity index (χ0v) is 11.1. The number of nitrogens with zero attached hydrogens (tertiary/aromatic N) is 1. The van der Waals surface area contributed by atoms with Gasteiger partial charge in [0, 0.05) is 7.11 Å². The Hall–Kier alpha value is -2.33. The van der Waals surface area contributed by atoms with Gasteiger partial charge in [0.05, 0.1) is 12.2 Å². The molecule has 0 atom stereocenters. The van der Waals surface area contributed by atoms with Gasteiger partial charge < -0.3 is 9.47 Å². The molecule has 0 aliphatic rings. The molecule has 0 aromatic heterocycles. The van der Waals surface area contributed by atoms with E-state index in [-0.39, 0.29) is 18.8 Å². The lowest BCUT2D eigenvalue weighted by Gasteiger charge is -2.10. The molecule has 0 aliphatic heterocycles. The molecule has 21 heavy (non-hydrogen) atoms. The maximum atomic E-state index is 12.8. The Kier molecular flexibility index (Phi) is 5.93. The number of alkyl halides is 3. The van der Waals surface area contributed by atoms with E-state index in [4.69, 9.17) is 10.00 Å². The number of ether oxygens (including phenoxy) is 2. The van der Waals surface area contributed by atoms with Gasteiger partial charge in [-0.2, -0.15) is 18.4 Å². The summed E-state index contributed by atoms with van der Waals surface area (Å²) in [5.41, 5.74) is -1.71. The molecule has 1 aromatic rings. The van der Waals surface area contributed by atoms with Crippen LogP contribution in [0.4, 0.5) is 13.2 Å². The van der Waals surface area contributed by atoms with Crippen LogP contribution in [0.15, 0.2) is 29.8 Å². The maximum Gasteiger partial charge on any atom is 0.416 e. The van der Waals surface area contributed by atoms with Gasteiger partial charge in [-0.05, 0) is 17.7 Å². The van der Waals surface area contributed by atoms with E-state index < -0.39 is 23.3 Å². The third-order valence-electron chi connectivity index (χ3n) is 2.43. The first kappa shape index (κ1) is 16.7. The minimum absolute atomic E-state index is 0.0880. The first-order valence-electron chi connectivity index (χ1n) is 5.84. The van der Waals surface area contributed by atoms with Crippen LogP contribution in [-0.2, 0) is 20.4 Å². The van der Waals surface area contributed by atoms with E-state index in [1.807, 2.05) is 0 Å². The molecular weight excluding hydrogens is 287 g/mol. The average Bonchev–Trinajstić information content (AvgIpc) is 2.44. The van der Waals surface area contributed by atoms with E-state index >= 15 is 0 Å². The number of carbonyl (C=O) groups is 1. The van der Waals surface area contributed by atoms with Crippen molar-refractivity contribution in [3.63, 3.8) is 0 Å². The number of halogens is 3. The number of hydrogen-bond donors (Lipinski definition) is 0. The lowest BCUT2D eigenvalue weighted by molar-refractivity contribution is -0.140. The molecule has 0 heterocycles. The van der Waals surface area contributed by atoms with Crippen molar-refractivity contribution in [1.29, 1.82) is 5.26 Å². The van der Waals surface area contributed by atoms with Gasteiger partial charge in [0.25, 0.3) is 0 Å². The fraction of sp³-hybridized carbons (Fsp3) is 0.286. The molecule has 1 aromatic carbocycles. The molecule has 112 valence electrons. The third kappa shape index (κ3) is 4.93. The number of nitriles is 1. The normalized spacial score (nSPS) is 11.9. The second kappa shape index (κ2) is 7.45. The highest BCUT2D eigenvalue weighted by Crippen LogP contribution is 2.32. The molecular formula is C14H12F3NO3. The molecule has 0 fully saturated rings. The highest BCUT2D eigenvalue weighted by atomic mass is 19.4. The van der Waals surface area contributed by atoms with Crippen molar-refractivity contribution >= 4 is 12.0 Å². The Morgan fingerprint density at radius 2 is 2.00 bits per heavy atom. The number of esters is 1. The predicted molar refractivity (Wildman–Crippen MR) is 67.9 cm³/mol. The molecule has 0 spiro atoms. The van der Waals surface area contributed by atoms with Crippen molar-refractivity contribution in [3.8, 4) is 6.07 Å². The molecule has 0 bridgehead atoms. The third-order valence-corrected chi connectivity index (χ3v) is 2.43. The van der Waals surface area contributed by atoms with Gasteiger partial charge in [0.15, 0.2) is 0 Å². The second-order valence-corrected chi connectivity index (χ2v) is 3.88. The van der Waals surface area contributed by atoms with Crippen molar-refractivity contribution in [2.75, 3.05) is 20.3 Å². The zero-order valence-electron chi connectivity index (χ0n) is 11.1. The number of rotatable bonds is 5. The molecule has 0 saturated heterocycles. The fourth-order valence-corrected chi connectivity index (χ4v) is 1.47. The van der Waals surface area contributed by atoms with E-state index in [1.54, 1.807) is 0 Å². The number of benzene rings is 1. The van der Waals surface area contributed by atoms with E-state index in [0.29, 0.717) is 0 Å². The topological polar surface area (TPSA) is 59.3 Å². The van der Waals surface area contributed by atoms with Crippen LogP contribution in [0.25, 0.3) is 6.08 Å². The van der Waals surface area contributed by atoms with Crippen molar-refractivity contribution in [2.24, 2.45) is 0 Å². The van der Waals surface area contributed by atoms with Crippen LogP contribution in [-0.4, -0.2) is 26.3 Å². The molecule has 7 heteroatoms. The summed E-state index contributed by atoms with van der Waals surface area (Å²) in [5, 5.41) is 8.88. The second-order valence-electron chi connectivity index (χ2n) is 3.88. The molecule has 0 N–H and O–H groups in total. The SMILES string of the molecule is COCCOC(=O)/C(C#N)=C\c1ccccc1C(F)(F)F. The van der Waals surface area contributed by atoms with Crippen LogP contribution in [0.2, 0.25) is 0 Å². The Bertz CT molecular complexity index is 574. The Balaban J connectivity index is 3.05. The lowest BCUT2D eigenvalue weighted by atomic mass is 10.0. The van der Waals surface area contributed by atoms with Crippen molar-refractivity contribution in [3.05, 3.63) is 41.0 Å². The standard InChI is InChI=1S/C14H12F3NO3/c1-20-6-7-21-13(19)11(9-18)8-10-4-2-3-5-12(10)14(15,16)17/h2-5,8H,6-7H2,1H3/b11-8-. The van der Waals surface area contributed by atoms with Crippen molar-refractivity contribution in [2.45, 2.75) is 6.18 Å². The molecule has 1 rings (SSSR count). The molecule has 4 nitrogen and oxygen atoms in total. The highest BCUT2D eigenvalue weighted by molar-refractivity contribution is 5.98. The van der Waals surface area contributed by atoms with E-state index in [2.05, 4.69) is 4.74 Å². The Labute approximate surface area is 119 Å². The summed E-state index contributed by atoms with van der Waals surface area (Å²) in [4.78, 5) is 11.6. The van der Waals surface area contributed by atoms with Gasteiger partial charge in [0.1, 0.15) is 18.2 Å². The lowest BCUT2D eigenvalue weighted by Crippen LogP contribution is -2.12. The minimum Gasteiger partial charge on any atom is -0.459 e. The largest absolute Gasteiger partial charge is 0.459 e. The van der Waals surface area contributed by atoms with E-state index in [1.165, 1.54) is 31.4 Å². The van der Waals surface area contributed by atoms with Gasteiger partial charge in [0.2, 0.25) is 0 Å². The Morgan fingerprint density at radius 1 is 1.33 bits per heavy atom. The van der Waals surface area contributed by atoms with Gasteiger partial charge in [-0.15, -0.1) is 0 Å². The summed E-state index contributed by atoms with van der Waals surface area (Å²) < 4.78 is 47.8. The number of methoxy groups -OCH3 is 1. The first-order chi connectivity index (χ1) is 9.90. The molecule has 0 radical (unpaired) electrons. The summed E-state index contributed by atoms with van der Waals surface area (Å²) in [6, 6.07) is 6.18. The fourth-order valence-electron chi connectivity index (χ4n) is 1.47. The minimum atomic E-state index is -4.58. The van der Waals surface area contributed by atoms with E-state index in [9.17, 15) is 18.0 Å². The molecule has 0 amide bonds. The molecule has 0 aliphatic carbocycles. The summed E-state index contributed by atoms with van der Waals surface area (Å²) >= 11 is 0. The number of carbonyl (C=O) groups excluding carboxylic acids is 1. The summed E-state index contributed by atoms with van der Waals surface area (Å²) in [6.07, 6.45) is -3.72. The van der Waals surface area contributed by atoms with Crippen LogP contribution in [0, 0.1) is 11.3 Å². The number of hydrogen-bond acceptors (Lipinski definition) is 4. The van der Waals surface area contributed by atoms with Crippen molar-refractivity contribution in [1.82, 2.24) is 0 Å². The van der Waals surface area contributed by atoms with Crippen LogP contribution in [0.3, 0.4) is 0 Å². The monoisotopic (exact) mass is 299 g/mol. The highest BCUT2D eigenvalue weighted by Gasteiger charge is 2.32.